The van der Waals surface area contributed by atoms with Crippen LogP contribution in [0.5, 0.6) is 11.5 Å². The van der Waals surface area contributed by atoms with E-state index in [0.29, 0.717) is 0 Å². The number of ether oxygens (including phenoxy) is 4. The molecule has 5 rings (SSSR count). The second kappa shape index (κ2) is 15.4. The maximum Gasteiger partial charge on any atom is 0.344 e. The number of aliphatic hydroxyl groups excluding tert-OH is 2. The topological polar surface area (TPSA) is 238 Å². The number of methoxy groups -OCH3 is 1. The number of nitrogens with zero attached hydrogens (tertiary/aromatic N) is 1. The number of aromatic hydroxyl groups is 1. The molecule has 53 heavy (non-hydrogen) atoms. The van der Waals surface area contributed by atoms with E-state index in [1.54, 1.807) is 33.8 Å². The zero-order valence-electron chi connectivity index (χ0n) is 30.8. The first kappa shape index (κ1) is 40.6. The lowest BCUT2D eigenvalue weighted by Crippen LogP contribution is -2.46. The predicted molar refractivity (Wildman–Crippen MR) is 185 cm³/mol. The van der Waals surface area contributed by atoms with Gasteiger partial charge in [-0.2, -0.15) is 0 Å². The molecule has 0 spiro atoms. The normalized spacial score (nSPS) is 32.3. The number of rotatable bonds is 3. The van der Waals surface area contributed by atoms with E-state index < -0.39 is 122 Å². The van der Waals surface area contributed by atoms with E-state index in [1.165, 1.54) is 53.0 Å². The van der Waals surface area contributed by atoms with Crippen LogP contribution in [0.2, 0.25) is 0 Å². The molecule has 0 saturated heterocycles. The summed E-state index contributed by atoms with van der Waals surface area (Å²) in [5.74, 6) is -11.5. The number of allylic oxidation sites excluding steroid dienone is 4. The van der Waals surface area contributed by atoms with Gasteiger partial charge in [-0.15, -0.1) is 0 Å². The molecule has 286 valence electrons. The van der Waals surface area contributed by atoms with E-state index >= 15 is 0 Å². The number of fused-ring (bicyclic) bond motifs is 14. The third-order valence-electron chi connectivity index (χ3n) is 10.1. The maximum absolute atomic E-state index is 14.0. The molecule has 1 aromatic carbocycles. The summed E-state index contributed by atoms with van der Waals surface area (Å²) in [5, 5.41) is 48.1. The number of nitro groups is 1. The first-order valence-corrected chi connectivity index (χ1v) is 16.9. The van der Waals surface area contributed by atoms with Crippen LogP contribution in [0.15, 0.2) is 47.5 Å². The van der Waals surface area contributed by atoms with Crippen LogP contribution in [0.4, 0.5) is 0 Å². The molecule has 1 aliphatic carbocycles. The highest BCUT2D eigenvalue weighted by atomic mass is 16.7. The van der Waals surface area contributed by atoms with E-state index in [9.17, 15) is 49.4 Å². The zero-order chi connectivity index (χ0) is 39.9. The number of carbonyl (C=O) groups excluding carboxylic acids is 5. The summed E-state index contributed by atoms with van der Waals surface area (Å²) in [7, 11) is 1.37. The number of esters is 1. The lowest BCUT2D eigenvalue weighted by atomic mass is 9.78. The summed E-state index contributed by atoms with van der Waals surface area (Å²) in [6, 6.07) is 0. The van der Waals surface area contributed by atoms with E-state index in [2.05, 4.69) is 5.32 Å². The fraction of sp³-hybridized carbons (Fsp3) is 0.486. The first-order valence-electron chi connectivity index (χ1n) is 16.9. The number of carbonyl (C=O) groups is 5. The van der Waals surface area contributed by atoms with Gasteiger partial charge in [-0.25, -0.2) is 0 Å². The molecule has 9 atom stereocenters. The van der Waals surface area contributed by atoms with Crippen LogP contribution < -0.4 is 10.1 Å². The molecule has 5 bridgehead atoms. The van der Waals surface area contributed by atoms with Crippen LogP contribution in [0, 0.1) is 40.7 Å². The number of aliphatic hydroxyl groups is 2. The van der Waals surface area contributed by atoms with Crippen LogP contribution >= 0.6 is 0 Å². The fourth-order valence-corrected chi connectivity index (χ4v) is 6.85. The first-order chi connectivity index (χ1) is 24.7. The van der Waals surface area contributed by atoms with Crippen molar-refractivity contribution < 1.29 is 63.2 Å². The summed E-state index contributed by atoms with van der Waals surface area (Å²) in [5.41, 5.74) is -4.63. The molecule has 3 heterocycles. The smallest absolute Gasteiger partial charge is 0.344 e. The Morgan fingerprint density at radius 1 is 0.962 bits per heavy atom. The average molecular weight is 741 g/mol. The van der Waals surface area contributed by atoms with E-state index in [1.807, 2.05) is 0 Å². The maximum atomic E-state index is 14.0. The Labute approximate surface area is 305 Å². The number of nitrogens with one attached hydrogen (secondary N) is 1. The second-order valence-corrected chi connectivity index (χ2v) is 13.8. The lowest BCUT2D eigenvalue weighted by Gasteiger charge is -2.38. The van der Waals surface area contributed by atoms with Crippen LogP contribution in [-0.2, 0) is 23.8 Å². The van der Waals surface area contributed by atoms with E-state index in [4.69, 9.17) is 18.9 Å². The fourth-order valence-electron chi connectivity index (χ4n) is 6.85. The van der Waals surface area contributed by atoms with Crippen molar-refractivity contribution in [3.63, 3.8) is 0 Å². The largest absolute Gasteiger partial charge is 0.507 e. The number of hydrogen-bond donors (Lipinski definition) is 4. The molecule has 0 fully saturated rings. The summed E-state index contributed by atoms with van der Waals surface area (Å²) in [6.07, 6.45) is 2.61. The average Bonchev–Trinajstić information content (AvgIpc) is 3.36. The second-order valence-electron chi connectivity index (χ2n) is 13.8. The molecule has 4 aliphatic rings. The Balaban J connectivity index is 1.91. The number of phenols is 1. The Bertz CT molecular complexity index is 1880. The number of phenolic OH excluding ortho intramolecular Hbond substituents is 1. The van der Waals surface area contributed by atoms with Gasteiger partial charge in [-0.05, 0) is 19.9 Å². The molecule has 0 aromatic heterocycles. The Morgan fingerprint density at radius 3 is 2.19 bits per heavy atom. The number of Topliss-reactive ketones (excluding diaryl/α,β-unsaturated/α-hetero) is 3. The van der Waals surface area contributed by atoms with Crippen LogP contribution in [0.3, 0.4) is 0 Å². The van der Waals surface area contributed by atoms with Crippen molar-refractivity contribution in [2.75, 3.05) is 7.11 Å². The van der Waals surface area contributed by atoms with Crippen molar-refractivity contribution in [2.45, 2.75) is 85.6 Å². The standard InChI is InChI=1S/C37H44N2O14/c1-15-11-10-12-16(2)36(47)38-26-27(39(48)49)32(45)23-24(31(26)44)30(43)20(6)34-25(23)35(46)37(8,53-34)51-14-13-22(50-9)17(3)33(52-21(7)40)19(5)29(42)18(4)28(15)41/h10-15,17-19,22,28-29,33,41-43H,1-9H3,(H,38,47)/b11-10-,14-13+,16-12?. The van der Waals surface area contributed by atoms with Gasteiger partial charge in [0.15, 0.2) is 5.70 Å². The molecular weight excluding hydrogens is 696 g/mol. The number of benzene rings is 1. The highest BCUT2D eigenvalue weighted by molar-refractivity contribution is 6.32. The van der Waals surface area contributed by atoms with Crippen molar-refractivity contribution >= 4 is 29.2 Å². The monoisotopic (exact) mass is 740 g/mol. The molecule has 4 N–H and O–H groups in total. The van der Waals surface area contributed by atoms with Gasteiger partial charge in [-0.1, -0.05) is 45.9 Å². The van der Waals surface area contributed by atoms with Crippen molar-refractivity contribution in [1.29, 1.82) is 0 Å². The van der Waals surface area contributed by atoms with Gasteiger partial charge in [0, 0.05) is 55.8 Å². The summed E-state index contributed by atoms with van der Waals surface area (Å²) < 4.78 is 22.9. The Morgan fingerprint density at radius 2 is 1.60 bits per heavy atom. The van der Waals surface area contributed by atoms with E-state index in [-0.39, 0.29) is 16.9 Å². The van der Waals surface area contributed by atoms with Crippen LogP contribution in [-0.4, -0.2) is 86.8 Å². The molecule has 0 saturated carbocycles. The predicted octanol–water partition coefficient (Wildman–Crippen LogP) is 3.23. The summed E-state index contributed by atoms with van der Waals surface area (Å²) >= 11 is 0. The number of ketones is 3. The summed E-state index contributed by atoms with van der Waals surface area (Å²) in [6.45, 7) is 11.7. The minimum absolute atomic E-state index is 0.0647. The zero-order valence-corrected chi connectivity index (χ0v) is 30.8. The molecule has 1 aromatic rings. The van der Waals surface area contributed by atoms with Gasteiger partial charge >= 0.3 is 17.5 Å². The third-order valence-corrected chi connectivity index (χ3v) is 10.1. The number of amides is 1. The number of hydrogen-bond acceptors (Lipinski definition) is 14. The molecule has 0 radical (unpaired) electrons. The molecule has 16 nitrogen and oxygen atoms in total. The van der Waals surface area contributed by atoms with Crippen LogP contribution in [0.1, 0.15) is 85.1 Å². The molecule has 3 aliphatic heterocycles. The molecule has 9 unspecified atom stereocenters. The van der Waals surface area contributed by atoms with Crippen molar-refractivity contribution in [2.24, 2.45) is 23.7 Å². The van der Waals surface area contributed by atoms with Gasteiger partial charge in [-0.3, -0.25) is 34.1 Å². The third kappa shape index (κ3) is 7.39. The lowest BCUT2D eigenvalue weighted by molar-refractivity contribution is -0.417. The van der Waals surface area contributed by atoms with Crippen LogP contribution in [0.25, 0.3) is 0 Å². The highest BCUT2D eigenvalue weighted by Crippen LogP contribution is 2.48. The van der Waals surface area contributed by atoms with Crippen molar-refractivity contribution in [1.82, 2.24) is 5.32 Å². The molecule has 16 heteroatoms. The van der Waals surface area contributed by atoms with Gasteiger partial charge < -0.3 is 39.6 Å². The Hall–Kier alpha value is -5.19. The highest BCUT2D eigenvalue weighted by Gasteiger charge is 2.54. The SMILES string of the molecule is COC1/C=C/OC2(C)Oc3c(C)c(O)c4c(c3C2=O)C(=O)C([N+](=O)[O-])=C(NC(=O)C(C)=C/C=C\C(C)C(O)C(C)C(O)C(C)C(OC(C)=O)C1C)C4=O. The van der Waals surface area contributed by atoms with Gasteiger partial charge in [0.25, 0.3) is 17.5 Å². The molecular formula is C37H44N2O14. The minimum atomic E-state index is -2.22. The van der Waals surface area contributed by atoms with Gasteiger partial charge in [0.2, 0.25) is 5.78 Å². The Kier molecular flexibility index (Phi) is 11.8. The molecule has 1 amide bonds. The quantitative estimate of drug-likeness (QED) is 0.198. The van der Waals surface area contributed by atoms with Crippen molar-refractivity contribution in [3.05, 3.63) is 79.9 Å². The van der Waals surface area contributed by atoms with E-state index in [0.717, 1.165) is 6.26 Å². The van der Waals surface area contributed by atoms with Gasteiger partial charge in [0.05, 0.1) is 46.2 Å². The van der Waals surface area contributed by atoms with Gasteiger partial charge in [0.1, 0.15) is 17.6 Å². The minimum Gasteiger partial charge on any atom is -0.507 e. The van der Waals surface area contributed by atoms with Crippen molar-refractivity contribution in [3.8, 4) is 11.5 Å². The summed E-state index contributed by atoms with van der Waals surface area (Å²) in [4.78, 5) is 78.2.